The van der Waals surface area contributed by atoms with E-state index in [1.807, 2.05) is 97.1 Å². The molecule has 3 aromatic heterocycles. The maximum absolute atomic E-state index is 9.59. The van der Waals surface area contributed by atoms with Gasteiger partial charge in [-0.05, 0) is 52.5 Å². The molecule has 0 unspecified atom stereocenters. The van der Waals surface area contributed by atoms with E-state index in [4.69, 9.17) is 31.7 Å². The Morgan fingerprint density at radius 1 is 0.460 bits per heavy atom. The van der Waals surface area contributed by atoms with Crippen LogP contribution in [0.1, 0.15) is 15.1 Å². The Morgan fingerprint density at radius 2 is 1.10 bits per heavy atom. The number of benzene rings is 7. The molecule has 7 aromatic carbocycles. The molecule has 0 spiro atoms. The van der Waals surface area contributed by atoms with E-state index in [1.54, 1.807) is 0 Å². The second-order valence-corrected chi connectivity index (χ2v) is 12.6. The van der Waals surface area contributed by atoms with Crippen molar-refractivity contribution < 1.29 is 19.5 Å². The first kappa shape index (κ1) is 19.5. The molecule has 0 aliphatic rings. The van der Waals surface area contributed by atoms with E-state index in [0.29, 0.717) is 22.3 Å². The standard InChI is InChI=1S/C45H27N3OS/c1-3-11-28(12-4-1)29-19-21-31(22-20-29)43-46-44(32-23-24-35-34-15-7-9-17-38(34)49-39(35)27-32)48-45(47-43)37-26-25-33(30-13-5-2-6-14-30)41-36-16-8-10-18-40(36)50-42(37)41/h1-27H/i2D,5D,6D,8D,10D,13D,14D,16D,18D,25D,26D. The van der Waals surface area contributed by atoms with Crippen molar-refractivity contribution in [1.29, 1.82) is 0 Å². The van der Waals surface area contributed by atoms with Gasteiger partial charge in [-0.2, -0.15) is 0 Å². The number of para-hydroxylation sites is 1. The van der Waals surface area contributed by atoms with Gasteiger partial charge in [-0.1, -0.05) is 133 Å². The summed E-state index contributed by atoms with van der Waals surface area (Å²) in [5, 5.41) is 1.81. The van der Waals surface area contributed by atoms with Crippen LogP contribution in [0.15, 0.2) is 168 Å². The summed E-state index contributed by atoms with van der Waals surface area (Å²) in [6.07, 6.45) is 0. The van der Waals surface area contributed by atoms with Gasteiger partial charge in [-0.3, -0.25) is 0 Å². The zero-order chi connectivity index (χ0) is 42.6. The zero-order valence-corrected chi connectivity index (χ0v) is 26.7. The van der Waals surface area contributed by atoms with Crippen molar-refractivity contribution in [1.82, 2.24) is 15.0 Å². The van der Waals surface area contributed by atoms with Gasteiger partial charge in [-0.25, -0.2) is 15.0 Å². The van der Waals surface area contributed by atoms with Crippen molar-refractivity contribution in [3.05, 3.63) is 164 Å². The summed E-state index contributed by atoms with van der Waals surface area (Å²) < 4.78 is 103. The predicted molar refractivity (Wildman–Crippen MR) is 207 cm³/mol. The largest absolute Gasteiger partial charge is 0.456 e. The fraction of sp³-hybridized carbons (Fsp3) is 0. The predicted octanol–water partition coefficient (Wildman–Crippen LogP) is 12.5. The summed E-state index contributed by atoms with van der Waals surface area (Å²) >= 11 is 0.926. The summed E-state index contributed by atoms with van der Waals surface area (Å²) in [6, 6.07) is 24.6. The lowest BCUT2D eigenvalue weighted by atomic mass is 9.97. The molecule has 0 radical (unpaired) electrons. The smallest absolute Gasteiger partial charge is 0.165 e. The van der Waals surface area contributed by atoms with E-state index in [-0.39, 0.29) is 60.4 Å². The topological polar surface area (TPSA) is 51.8 Å². The minimum absolute atomic E-state index is 0.00444. The fourth-order valence-electron chi connectivity index (χ4n) is 6.25. The van der Waals surface area contributed by atoms with Crippen LogP contribution < -0.4 is 0 Å². The molecule has 0 fully saturated rings. The van der Waals surface area contributed by atoms with E-state index in [2.05, 4.69) is 0 Å². The number of thiophene rings is 1. The van der Waals surface area contributed by atoms with Gasteiger partial charge in [0.15, 0.2) is 17.5 Å². The van der Waals surface area contributed by atoms with Gasteiger partial charge in [0, 0.05) is 47.6 Å². The molecule has 50 heavy (non-hydrogen) atoms. The molecule has 10 rings (SSSR count). The molecule has 0 bridgehead atoms. The number of furan rings is 1. The van der Waals surface area contributed by atoms with Crippen LogP contribution in [0.2, 0.25) is 0 Å². The maximum atomic E-state index is 9.59. The van der Waals surface area contributed by atoms with Crippen molar-refractivity contribution in [3.8, 4) is 56.4 Å². The minimum Gasteiger partial charge on any atom is -0.456 e. The van der Waals surface area contributed by atoms with E-state index in [9.17, 15) is 2.74 Å². The normalized spacial score (nSPS) is 14.7. The third-order valence-corrected chi connectivity index (χ3v) is 9.74. The number of hydrogen-bond donors (Lipinski definition) is 0. The molecular weight excluding hydrogens is 631 g/mol. The first-order chi connectivity index (χ1) is 29.3. The van der Waals surface area contributed by atoms with Gasteiger partial charge in [0.2, 0.25) is 0 Å². The molecule has 234 valence electrons. The Morgan fingerprint density at radius 3 is 1.96 bits per heavy atom. The van der Waals surface area contributed by atoms with Gasteiger partial charge in [0.05, 0.1) is 15.1 Å². The van der Waals surface area contributed by atoms with Crippen molar-refractivity contribution in [2.75, 3.05) is 0 Å². The van der Waals surface area contributed by atoms with E-state index in [1.165, 1.54) is 0 Å². The lowest BCUT2D eigenvalue weighted by molar-refractivity contribution is 0.669. The third-order valence-electron chi connectivity index (χ3n) is 8.62. The summed E-state index contributed by atoms with van der Waals surface area (Å²) in [5.41, 5.74) is 3.80. The third kappa shape index (κ3) is 4.79. The molecular formula is C45H27N3OS. The fourth-order valence-corrected chi connectivity index (χ4v) is 7.36. The van der Waals surface area contributed by atoms with Crippen LogP contribution in [0.3, 0.4) is 0 Å². The van der Waals surface area contributed by atoms with Crippen LogP contribution in [-0.4, -0.2) is 15.0 Å². The number of hydrogen-bond acceptors (Lipinski definition) is 5. The maximum Gasteiger partial charge on any atom is 0.165 e. The molecule has 0 saturated carbocycles. The van der Waals surface area contributed by atoms with Crippen LogP contribution in [-0.2, 0) is 0 Å². The van der Waals surface area contributed by atoms with E-state index >= 15 is 0 Å². The Hall–Kier alpha value is -6.43. The molecule has 0 atom stereocenters. The second kappa shape index (κ2) is 11.6. The average Bonchev–Trinajstić information content (AvgIpc) is 3.86. The summed E-state index contributed by atoms with van der Waals surface area (Å²) in [4.78, 5) is 14.7. The highest BCUT2D eigenvalue weighted by Gasteiger charge is 2.20. The van der Waals surface area contributed by atoms with Gasteiger partial charge >= 0.3 is 0 Å². The van der Waals surface area contributed by atoms with Gasteiger partial charge in [0.1, 0.15) is 11.2 Å². The van der Waals surface area contributed by atoms with Crippen molar-refractivity contribution in [3.63, 3.8) is 0 Å². The number of rotatable bonds is 5. The molecule has 5 heteroatoms. The Labute approximate surface area is 307 Å². The van der Waals surface area contributed by atoms with E-state index < -0.39 is 60.4 Å². The highest BCUT2D eigenvalue weighted by molar-refractivity contribution is 7.26. The molecule has 0 amide bonds. The Bertz CT molecular complexity index is 3470. The minimum atomic E-state index is -0.660. The highest BCUT2D eigenvalue weighted by Crippen LogP contribution is 2.44. The van der Waals surface area contributed by atoms with Crippen LogP contribution in [0.4, 0.5) is 0 Å². The molecule has 0 saturated heterocycles. The van der Waals surface area contributed by atoms with Crippen molar-refractivity contribution >= 4 is 53.4 Å². The Kier molecular flexibility index (Phi) is 4.54. The zero-order valence-electron chi connectivity index (χ0n) is 36.9. The van der Waals surface area contributed by atoms with E-state index in [0.717, 1.165) is 33.2 Å². The molecule has 0 aliphatic heterocycles. The summed E-state index contributed by atoms with van der Waals surface area (Å²) in [6.45, 7) is 0. The van der Waals surface area contributed by atoms with Crippen LogP contribution in [0.5, 0.6) is 0 Å². The lowest BCUT2D eigenvalue weighted by Crippen LogP contribution is -2.00. The summed E-state index contributed by atoms with van der Waals surface area (Å²) in [7, 11) is 0. The van der Waals surface area contributed by atoms with Gasteiger partial charge < -0.3 is 4.42 Å². The molecule has 0 N–H and O–H groups in total. The SMILES string of the molecule is [2H]c1c([2H])c([2H])c(-c2c([2H])c([2H])c(-c3nc(-c4ccc(-c5ccccc5)cc4)nc(-c4ccc5c(c4)oc4ccccc45)n3)c3sc4c([2H])c([2H])c([2H])c([2H])c4c23)c([2H])c1[2H]. The molecule has 10 aromatic rings. The number of nitrogens with zero attached hydrogens (tertiary/aromatic N) is 3. The average molecular weight is 669 g/mol. The molecule has 3 heterocycles. The summed E-state index contributed by atoms with van der Waals surface area (Å²) in [5.74, 6) is 0.381. The first-order valence-electron chi connectivity index (χ1n) is 21.2. The van der Waals surface area contributed by atoms with Crippen molar-refractivity contribution in [2.24, 2.45) is 0 Å². The lowest BCUT2D eigenvalue weighted by Gasteiger charge is -2.11. The first-order valence-corrected chi connectivity index (χ1v) is 16.5. The van der Waals surface area contributed by atoms with Gasteiger partial charge in [0.25, 0.3) is 0 Å². The molecule has 0 aliphatic carbocycles. The quantitative estimate of drug-likeness (QED) is 0.183. The van der Waals surface area contributed by atoms with Crippen LogP contribution >= 0.6 is 11.3 Å². The highest BCUT2D eigenvalue weighted by atomic mass is 32.1. The van der Waals surface area contributed by atoms with Gasteiger partial charge in [-0.15, -0.1) is 11.3 Å². The van der Waals surface area contributed by atoms with Crippen molar-refractivity contribution in [2.45, 2.75) is 0 Å². The Balaban J connectivity index is 1.30. The molecule has 4 nitrogen and oxygen atoms in total. The van der Waals surface area contributed by atoms with Crippen LogP contribution in [0, 0.1) is 0 Å². The monoisotopic (exact) mass is 668 g/mol. The number of aromatic nitrogens is 3. The number of fused-ring (bicyclic) bond motifs is 6. The second-order valence-electron chi connectivity index (χ2n) is 11.6. The van der Waals surface area contributed by atoms with Crippen LogP contribution in [0.25, 0.3) is 98.5 Å².